The van der Waals surface area contributed by atoms with Crippen LogP contribution in [-0.4, -0.2) is 78.1 Å². The molecule has 9 heteroatoms. The number of carbonyl (C=O) groups excluding carboxylic acids is 2. The number of carboxylic acids is 1. The minimum absolute atomic E-state index is 0.0405. The summed E-state index contributed by atoms with van der Waals surface area (Å²) in [5, 5.41) is 21.6. The standard InChI is InChI=1S/C24H26N2O7/c1-26(20-12-32-13-21(20)27)23(30)19(10-22(28)29)25-24(31)33-11-18-16-8-4-2-6-14(16)15-7-3-5-9-17(15)18/h2-9,18-21,27H,10-13H2,1H3,(H,25,31)(H,28,29). The number of aliphatic carboxylic acids is 1. The highest BCUT2D eigenvalue weighted by molar-refractivity contribution is 5.89. The minimum Gasteiger partial charge on any atom is -0.481 e. The number of amides is 2. The molecule has 1 aliphatic heterocycles. The number of nitrogens with zero attached hydrogens (tertiary/aromatic N) is 1. The molecule has 1 fully saturated rings. The summed E-state index contributed by atoms with van der Waals surface area (Å²) in [6, 6.07) is 13.8. The fraction of sp³-hybridized carbons (Fsp3) is 0.375. The fourth-order valence-corrected chi connectivity index (χ4v) is 4.47. The molecule has 2 aromatic rings. The van der Waals surface area contributed by atoms with Crippen LogP contribution in [0.15, 0.2) is 48.5 Å². The molecule has 33 heavy (non-hydrogen) atoms. The van der Waals surface area contributed by atoms with Gasteiger partial charge in [0, 0.05) is 13.0 Å². The number of fused-ring (bicyclic) bond motifs is 3. The predicted molar refractivity (Wildman–Crippen MR) is 118 cm³/mol. The van der Waals surface area contributed by atoms with Crippen LogP contribution in [-0.2, 0) is 19.1 Å². The summed E-state index contributed by atoms with van der Waals surface area (Å²) in [5.74, 6) is -2.05. The van der Waals surface area contributed by atoms with Gasteiger partial charge >= 0.3 is 12.1 Å². The van der Waals surface area contributed by atoms with E-state index in [-0.39, 0.29) is 25.7 Å². The second-order valence-electron chi connectivity index (χ2n) is 8.24. The first kappa shape index (κ1) is 22.8. The van der Waals surface area contributed by atoms with Gasteiger partial charge < -0.3 is 29.9 Å². The molecule has 1 heterocycles. The van der Waals surface area contributed by atoms with Gasteiger partial charge in [0.1, 0.15) is 12.6 Å². The number of nitrogens with one attached hydrogen (secondary N) is 1. The molecule has 2 aromatic carbocycles. The van der Waals surface area contributed by atoms with E-state index in [9.17, 15) is 24.6 Å². The first-order chi connectivity index (χ1) is 15.9. The Morgan fingerprint density at radius 1 is 1.09 bits per heavy atom. The van der Waals surface area contributed by atoms with E-state index in [1.54, 1.807) is 0 Å². The Morgan fingerprint density at radius 3 is 2.24 bits per heavy atom. The zero-order valence-electron chi connectivity index (χ0n) is 18.1. The first-order valence-corrected chi connectivity index (χ1v) is 10.7. The highest BCUT2D eigenvalue weighted by atomic mass is 16.5. The highest BCUT2D eigenvalue weighted by Gasteiger charge is 2.37. The van der Waals surface area contributed by atoms with Crippen molar-refractivity contribution in [2.24, 2.45) is 0 Å². The summed E-state index contributed by atoms with van der Waals surface area (Å²) in [6.45, 7) is 0.263. The van der Waals surface area contributed by atoms with Gasteiger partial charge in [0.05, 0.1) is 31.8 Å². The SMILES string of the molecule is CN(C(=O)C(CC(=O)O)NC(=O)OCC1c2ccccc2-c2ccccc21)C1COCC1O. The molecule has 9 nitrogen and oxygen atoms in total. The van der Waals surface area contributed by atoms with Crippen LogP contribution in [0.1, 0.15) is 23.5 Å². The maximum Gasteiger partial charge on any atom is 0.407 e. The lowest BCUT2D eigenvalue weighted by Gasteiger charge is -2.29. The van der Waals surface area contributed by atoms with E-state index in [0.29, 0.717) is 0 Å². The molecule has 0 saturated carbocycles. The van der Waals surface area contributed by atoms with Gasteiger partial charge in [-0.15, -0.1) is 0 Å². The van der Waals surface area contributed by atoms with E-state index in [1.807, 2.05) is 48.5 Å². The Kier molecular flexibility index (Phi) is 6.62. The van der Waals surface area contributed by atoms with Crippen molar-refractivity contribution in [2.75, 3.05) is 26.9 Å². The number of carboxylic acid groups (broad SMARTS) is 1. The average molecular weight is 454 g/mol. The van der Waals surface area contributed by atoms with E-state index in [1.165, 1.54) is 11.9 Å². The lowest BCUT2D eigenvalue weighted by molar-refractivity contribution is -0.143. The molecule has 0 radical (unpaired) electrons. The Labute approximate surface area is 190 Å². The second-order valence-corrected chi connectivity index (χ2v) is 8.24. The summed E-state index contributed by atoms with van der Waals surface area (Å²) >= 11 is 0. The van der Waals surface area contributed by atoms with Crippen molar-refractivity contribution in [1.29, 1.82) is 0 Å². The Hall–Kier alpha value is -3.43. The van der Waals surface area contributed by atoms with Gasteiger partial charge in [0.25, 0.3) is 0 Å². The third-order valence-corrected chi connectivity index (χ3v) is 6.18. The molecule has 3 atom stereocenters. The number of ether oxygens (including phenoxy) is 2. The Bertz CT molecular complexity index is 1010. The predicted octanol–water partition coefficient (Wildman–Crippen LogP) is 1.59. The normalized spacial score (nSPS) is 19.9. The van der Waals surface area contributed by atoms with Crippen molar-refractivity contribution in [2.45, 2.75) is 30.5 Å². The number of carbonyl (C=O) groups is 3. The molecule has 1 saturated heterocycles. The number of alkyl carbamates (subject to hydrolysis) is 1. The number of benzene rings is 2. The molecule has 2 aliphatic rings. The van der Waals surface area contributed by atoms with Crippen LogP contribution in [0.3, 0.4) is 0 Å². The molecule has 3 unspecified atom stereocenters. The quantitative estimate of drug-likeness (QED) is 0.580. The maximum atomic E-state index is 12.9. The number of hydrogen-bond donors (Lipinski definition) is 3. The minimum atomic E-state index is -1.34. The van der Waals surface area contributed by atoms with Crippen molar-refractivity contribution in [3.05, 3.63) is 59.7 Å². The van der Waals surface area contributed by atoms with Crippen LogP contribution in [0.4, 0.5) is 4.79 Å². The zero-order valence-corrected chi connectivity index (χ0v) is 18.1. The van der Waals surface area contributed by atoms with Crippen molar-refractivity contribution >= 4 is 18.0 Å². The summed E-state index contributed by atoms with van der Waals surface area (Å²) < 4.78 is 10.6. The second kappa shape index (κ2) is 9.60. The number of rotatable bonds is 7. The van der Waals surface area contributed by atoms with Crippen molar-refractivity contribution in [1.82, 2.24) is 10.2 Å². The largest absolute Gasteiger partial charge is 0.481 e. The molecule has 2 amide bonds. The van der Waals surface area contributed by atoms with Gasteiger partial charge in [-0.25, -0.2) is 4.79 Å². The maximum absolute atomic E-state index is 12.9. The summed E-state index contributed by atoms with van der Waals surface area (Å²) in [6.07, 6.45) is -2.37. The van der Waals surface area contributed by atoms with Crippen molar-refractivity contribution < 1.29 is 34.1 Å². The van der Waals surface area contributed by atoms with E-state index in [0.717, 1.165) is 22.3 Å². The van der Waals surface area contributed by atoms with E-state index in [4.69, 9.17) is 9.47 Å². The summed E-state index contributed by atoms with van der Waals surface area (Å²) in [5.41, 5.74) is 4.25. The average Bonchev–Trinajstić information content (AvgIpc) is 3.37. The van der Waals surface area contributed by atoms with Crippen LogP contribution in [0.2, 0.25) is 0 Å². The van der Waals surface area contributed by atoms with Gasteiger partial charge in [0.15, 0.2) is 0 Å². The molecular formula is C24H26N2O7. The van der Waals surface area contributed by atoms with E-state index >= 15 is 0 Å². The first-order valence-electron chi connectivity index (χ1n) is 10.7. The lowest BCUT2D eigenvalue weighted by Crippen LogP contribution is -2.53. The zero-order chi connectivity index (χ0) is 23.5. The smallest absolute Gasteiger partial charge is 0.407 e. The monoisotopic (exact) mass is 454 g/mol. The van der Waals surface area contributed by atoms with Crippen LogP contribution in [0.25, 0.3) is 11.1 Å². The van der Waals surface area contributed by atoms with E-state index in [2.05, 4.69) is 5.32 Å². The van der Waals surface area contributed by atoms with Gasteiger partial charge in [-0.1, -0.05) is 48.5 Å². The number of likely N-dealkylation sites (N-methyl/N-ethyl adjacent to an activating group) is 1. The van der Waals surface area contributed by atoms with Gasteiger partial charge in [-0.05, 0) is 22.3 Å². The third-order valence-electron chi connectivity index (χ3n) is 6.18. The lowest BCUT2D eigenvalue weighted by atomic mass is 9.98. The molecule has 0 bridgehead atoms. The van der Waals surface area contributed by atoms with Crippen LogP contribution >= 0.6 is 0 Å². The molecule has 0 spiro atoms. The Morgan fingerprint density at radius 2 is 1.70 bits per heavy atom. The molecular weight excluding hydrogens is 428 g/mol. The summed E-state index contributed by atoms with van der Waals surface area (Å²) in [4.78, 5) is 37.9. The molecule has 174 valence electrons. The number of hydrogen-bond acceptors (Lipinski definition) is 6. The molecule has 0 aromatic heterocycles. The van der Waals surface area contributed by atoms with Gasteiger partial charge in [0.2, 0.25) is 5.91 Å². The fourth-order valence-electron chi connectivity index (χ4n) is 4.47. The van der Waals surface area contributed by atoms with Crippen LogP contribution in [0, 0.1) is 0 Å². The van der Waals surface area contributed by atoms with E-state index < -0.39 is 42.6 Å². The van der Waals surface area contributed by atoms with Crippen LogP contribution in [0.5, 0.6) is 0 Å². The van der Waals surface area contributed by atoms with Gasteiger partial charge in [-0.2, -0.15) is 0 Å². The Balaban J connectivity index is 1.43. The van der Waals surface area contributed by atoms with Gasteiger partial charge in [-0.3, -0.25) is 9.59 Å². The molecule has 3 N–H and O–H groups in total. The van der Waals surface area contributed by atoms with Crippen molar-refractivity contribution in [3.8, 4) is 11.1 Å². The summed E-state index contributed by atoms with van der Waals surface area (Å²) in [7, 11) is 1.44. The van der Waals surface area contributed by atoms with Crippen molar-refractivity contribution in [3.63, 3.8) is 0 Å². The highest BCUT2D eigenvalue weighted by Crippen LogP contribution is 2.44. The number of aliphatic hydroxyl groups excluding tert-OH is 1. The topological polar surface area (TPSA) is 125 Å². The number of aliphatic hydroxyl groups is 1. The van der Waals surface area contributed by atoms with Crippen LogP contribution < -0.4 is 5.32 Å². The molecule has 1 aliphatic carbocycles. The molecule has 4 rings (SSSR count). The third kappa shape index (κ3) is 4.69.